The van der Waals surface area contributed by atoms with Crippen molar-refractivity contribution >= 4 is 47.0 Å². The van der Waals surface area contributed by atoms with Crippen molar-refractivity contribution in [1.29, 1.82) is 0 Å². The van der Waals surface area contributed by atoms with Crippen molar-refractivity contribution in [3.63, 3.8) is 0 Å². The first kappa shape index (κ1) is 25.7. The van der Waals surface area contributed by atoms with Gasteiger partial charge in [0.05, 0.1) is 39.5 Å². The van der Waals surface area contributed by atoms with Crippen LogP contribution >= 0.6 is 35.3 Å². The first-order valence-corrected chi connectivity index (χ1v) is 11.2. The van der Waals surface area contributed by atoms with E-state index in [9.17, 15) is 0 Å². The van der Waals surface area contributed by atoms with Crippen molar-refractivity contribution in [1.82, 2.24) is 10.2 Å². The quantitative estimate of drug-likeness (QED) is 0.287. The SMILES string of the molecule is CCNC(=NCC(c1cccs1)N1CCOC(C)C1)Nc1ccc(OC)c(OC)c1.I. The van der Waals surface area contributed by atoms with E-state index in [0.717, 1.165) is 37.9 Å². The van der Waals surface area contributed by atoms with Gasteiger partial charge in [-0.3, -0.25) is 9.89 Å². The van der Waals surface area contributed by atoms with E-state index >= 15 is 0 Å². The molecule has 1 aliphatic heterocycles. The van der Waals surface area contributed by atoms with E-state index in [2.05, 4.69) is 46.9 Å². The first-order chi connectivity index (χ1) is 14.6. The normalized spacial score (nSPS) is 18.1. The number of aliphatic imine (C=N–C) groups is 1. The number of morpholine rings is 1. The van der Waals surface area contributed by atoms with Crippen LogP contribution in [0.25, 0.3) is 0 Å². The van der Waals surface area contributed by atoms with Gasteiger partial charge in [-0.2, -0.15) is 0 Å². The molecule has 2 N–H and O–H groups in total. The van der Waals surface area contributed by atoms with Gasteiger partial charge in [0.25, 0.3) is 0 Å². The number of thiophene rings is 1. The van der Waals surface area contributed by atoms with Gasteiger partial charge in [0, 0.05) is 36.3 Å². The molecule has 1 aliphatic rings. The summed E-state index contributed by atoms with van der Waals surface area (Å²) in [4.78, 5) is 8.71. The summed E-state index contributed by atoms with van der Waals surface area (Å²) in [6.45, 7) is 8.22. The Labute approximate surface area is 206 Å². The highest BCUT2D eigenvalue weighted by Gasteiger charge is 2.26. The lowest BCUT2D eigenvalue weighted by molar-refractivity contribution is -0.0327. The number of nitrogens with one attached hydrogen (secondary N) is 2. The Morgan fingerprint density at radius 3 is 2.74 bits per heavy atom. The average Bonchev–Trinajstić information content (AvgIpc) is 3.28. The van der Waals surface area contributed by atoms with Crippen LogP contribution in [0.4, 0.5) is 5.69 Å². The molecule has 0 saturated carbocycles. The number of anilines is 1. The summed E-state index contributed by atoms with van der Waals surface area (Å²) in [5, 5.41) is 8.85. The maximum absolute atomic E-state index is 5.74. The van der Waals surface area contributed by atoms with Crippen LogP contribution in [0.1, 0.15) is 24.8 Å². The van der Waals surface area contributed by atoms with Crippen LogP contribution in [0, 0.1) is 0 Å². The fourth-order valence-electron chi connectivity index (χ4n) is 3.53. The minimum absolute atomic E-state index is 0. The van der Waals surface area contributed by atoms with Crippen LogP contribution in [0.2, 0.25) is 0 Å². The van der Waals surface area contributed by atoms with Crippen molar-refractivity contribution in [2.24, 2.45) is 4.99 Å². The molecule has 3 rings (SSSR count). The van der Waals surface area contributed by atoms with Crippen molar-refractivity contribution in [2.75, 3.05) is 52.3 Å². The molecule has 2 heterocycles. The number of rotatable bonds is 8. The Kier molecular flexibility index (Phi) is 10.9. The molecule has 2 unspecified atom stereocenters. The zero-order valence-electron chi connectivity index (χ0n) is 18.6. The standard InChI is InChI=1S/C22H32N4O3S.HI/c1-5-23-22(25-17-8-9-19(27-3)20(13-17)28-4)24-14-18(21-7-6-12-30-21)26-10-11-29-16(2)15-26;/h6-9,12-13,16,18H,5,10-11,14-15H2,1-4H3,(H2,23,24,25);1H. The summed E-state index contributed by atoms with van der Waals surface area (Å²) in [5.74, 6) is 2.12. The van der Waals surface area contributed by atoms with Gasteiger partial charge in [-0.15, -0.1) is 35.3 Å². The van der Waals surface area contributed by atoms with E-state index in [1.54, 1.807) is 25.6 Å². The molecule has 2 aromatic rings. The number of guanidine groups is 1. The Balaban J connectivity index is 0.00000341. The van der Waals surface area contributed by atoms with Crippen molar-refractivity contribution in [3.8, 4) is 11.5 Å². The Morgan fingerprint density at radius 1 is 1.29 bits per heavy atom. The van der Waals surface area contributed by atoms with Crippen LogP contribution in [-0.2, 0) is 4.74 Å². The molecule has 0 bridgehead atoms. The minimum atomic E-state index is 0. The molecule has 1 aromatic heterocycles. The molecule has 1 fully saturated rings. The molecular weight excluding hydrogens is 527 g/mol. The van der Waals surface area contributed by atoms with Gasteiger partial charge >= 0.3 is 0 Å². The molecule has 1 saturated heterocycles. The van der Waals surface area contributed by atoms with Crippen LogP contribution in [0.5, 0.6) is 11.5 Å². The largest absolute Gasteiger partial charge is 0.493 e. The Hall–Kier alpha value is -1.56. The molecular formula is C22H33IN4O3S. The molecule has 0 amide bonds. The van der Waals surface area contributed by atoms with Crippen molar-refractivity contribution in [2.45, 2.75) is 26.0 Å². The maximum Gasteiger partial charge on any atom is 0.195 e. The summed E-state index contributed by atoms with van der Waals surface area (Å²) in [7, 11) is 3.27. The lowest BCUT2D eigenvalue weighted by atomic mass is 10.1. The van der Waals surface area contributed by atoms with E-state index in [4.69, 9.17) is 19.2 Å². The molecule has 0 aliphatic carbocycles. The Bertz CT molecular complexity index is 819. The predicted molar refractivity (Wildman–Crippen MR) is 139 cm³/mol. The number of ether oxygens (including phenoxy) is 3. The van der Waals surface area contributed by atoms with E-state index in [0.29, 0.717) is 18.0 Å². The van der Waals surface area contributed by atoms with Gasteiger partial charge < -0.3 is 24.8 Å². The topological polar surface area (TPSA) is 67.4 Å². The lowest BCUT2D eigenvalue weighted by Gasteiger charge is -2.36. The fraction of sp³-hybridized carbons (Fsp3) is 0.500. The second kappa shape index (κ2) is 13.1. The minimum Gasteiger partial charge on any atom is -0.493 e. The molecule has 1 aromatic carbocycles. The molecule has 0 spiro atoms. The lowest BCUT2D eigenvalue weighted by Crippen LogP contribution is -2.44. The van der Waals surface area contributed by atoms with Crippen LogP contribution in [0.3, 0.4) is 0 Å². The summed E-state index contributed by atoms with van der Waals surface area (Å²) in [6, 6.07) is 10.3. The third-order valence-corrected chi connectivity index (χ3v) is 5.97. The van der Waals surface area contributed by atoms with Gasteiger partial charge in [0.15, 0.2) is 17.5 Å². The van der Waals surface area contributed by atoms with E-state index in [1.807, 2.05) is 18.2 Å². The smallest absolute Gasteiger partial charge is 0.195 e. The molecule has 9 heteroatoms. The maximum atomic E-state index is 5.74. The number of methoxy groups -OCH3 is 2. The highest BCUT2D eigenvalue weighted by Crippen LogP contribution is 2.30. The van der Waals surface area contributed by atoms with Gasteiger partial charge in [0.2, 0.25) is 0 Å². The van der Waals surface area contributed by atoms with E-state index in [-0.39, 0.29) is 36.1 Å². The van der Waals surface area contributed by atoms with Crippen LogP contribution < -0.4 is 20.1 Å². The van der Waals surface area contributed by atoms with Crippen LogP contribution in [-0.4, -0.2) is 64.0 Å². The number of nitrogens with zero attached hydrogens (tertiary/aromatic N) is 2. The molecule has 31 heavy (non-hydrogen) atoms. The van der Waals surface area contributed by atoms with E-state index in [1.165, 1.54) is 4.88 Å². The third kappa shape index (κ3) is 7.23. The Morgan fingerprint density at radius 2 is 2.10 bits per heavy atom. The van der Waals surface area contributed by atoms with Gasteiger partial charge in [-0.05, 0) is 37.4 Å². The first-order valence-electron chi connectivity index (χ1n) is 10.3. The zero-order chi connectivity index (χ0) is 21.3. The van der Waals surface area contributed by atoms with Gasteiger partial charge in [0.1, 0.15) is 0 Å². The fourth-order valence-corrected chi connectivity index (χ4v) is 4.38. The predicted octanol–water partition coefficient (Wildman–Crippen LogP) is 4.22. The van der Waals surface area contributed by atoms with Crippen molar-refractivity contribution in [3.05, 3.63) is 40.6 Å². The average molecular weight is 561 g/mol. The summed E-state index contributed by atoms with van der Waals surface area (Å²) in [5.41, 5.74) is 0.889. The van der Waals surface area contributed by atoms with Crippen molar-refractivity contribution < 1.29 is 14.2 Å². The summed E-state index contributed by atoms with van der Waals surface area (Å²) < 4.78 is 16.5. The number of hydrogen-bond donors (Lipinski definition) is 2. The van der Waals surface area contributed by atoms with E-state index < -0.39 is 0 Å². The number of benzene rings is 1. The summed E-state index contributed by atoms with van der Waals surface area (Å²) in [6.07, 6.45) is 0.239. The number of hydrogen-bond acceptors (Lipinski definition) is 6. The molecule has 0 radical (unpaired) electrons. The summed E-state index contributed by atoms with van der Waals surface area (Å²) >= 11 is 1.78. The molecule has 7 nitrogen and oxygen atoms in total. The van der Waals surface area contributed by atoms with Gasteiger partial charge in [-0.1, -0.05) is 6.07 Å². The molecule has 2 atom stereocenters. The number of halogens is 1. The second-order valence-electron chi connectivity index (χ2n) is 7.12. The van der Waals surface area contributed by atoms with Gasteiger partial charge in [-0.25, -0.2) is 0 Å². The highest BCUT2D eigenvalue weighted by atomic mass is 127. The monoisotopic (exact) mass is 560 g/mol. The molecule has 172 valence electrons. The second-order valence-corrected chi connectivity index (χ2v) is 8.10. The third-order valence-electron chi connectivity index (χ3n) is 5.00. The highest BCUT2D eigenvalue weighted by molar-refractivity contribution is 14.0. The zero-order valence-corrected chi connectivity index (χ0v) is 21.7. The van der Waals surface area contributed by atoms with Crippen LogP contribution in [0.15, 0.2) is 40.7 Å².